The fraction of sp³-hybridized carbons (Fsp3) is 0.927. The van der Waals surface area contributed by atoms with Crippen LogP contribution in [0, 0.1) is 0 Å². The molecule has 4 nitrogen and oxygen atoms in total. The Balaban J connectivity index is 3.52. The summed E-state index contributed by atoms with van der Waals surface area (Å²) in [5.74, 6) is -0.0384. The van der Waals surface area contributed by atoms with Crippen molar-refractivity contribution in [2.45, 2.75) is 238 Å². The molecular formula is C41H81NO3. The van der Waals surface area contributed by atoms with Gasteiger partial charge < -0.3 is 15.5 Å². The van der Waals surface area contributed by atoms with Gasteiger partial charge >= 0.3 is 0 Å². The highest BCUT2D eigenvalue weighted by Crippen LogP contribution is 2.16. The molecule has 0 aliphatic carbocycles. The number of aliphatic hydroxyl groups is 2. The van der Waals surface area contributed by atoms with E-state index in [4.69, 9.17) is 0 Å². The maximum Gasteiger partial charge on any atom is 0.220 e. The first kappa shape index (κ1) is 44.1. The van der Waals surface area contributed by atoms with Gasteiger partial charge in [-0.3, -0.25) is 4.79 Å². The smallest absolute Gasteiger partial charge is 0.220 e. The van der Waals surface area contributed by atoms with Crippen LogP contribution in [0.1, 0.15) is 226 Å². The lowest BCUT2D eigenvalue weighted by atomic mass is 10.0. The van der Waals surface area contributed by atoms with Crippen molar-refractivity contribution in [2.75, 3.05) is 6.61 Å². The van der Waals surface area contributed by atoms with Crippen molar-refractivity contribution in [3.63, 3.8) is 0 Å². The van der Waals surface area contributed by atoms with Crippen molar-refractivity contribution >= 4 is 5.91 Å². The second-order valence-electron chi connectivity index (χ2n) is 14.1. The molecule has 2 atom stereocenters. The fourth-order valence-corrected chi connectivity index (χ4v) is 6.36. The number of allylic oxidation sites excluding steroid dienone is 2. The third-order valence-corrected chi connectivity index (χ3v) is 9.53. The first-order chi connectivity index (χ1) is 22.2. The molecular weight excluding hydrogens is 554 g/mol. The summed E-state index contributed by atoms with van der Waals surface area (Å²) in [4.78, 5) is 12.4. The number of amides is 1. The van der Waals surface area contributed by atoms with E-state index in [1.807, 2.05) is 0 Å². The summed E-state index contributed by atoms with van der Waals surface area (Å²) >= 11 is 0. The van der Waals surface area contributed by atoms with Crippen LogP contribution in [0.15, 0.2) is 12.2 Å². The van der Waals surface area contributed by atoms with Gasteiger partial charge in [0, 0.05) is 6.42 Å². The van der Waals surface area contributed by atoms with Gasteiger partial charge in [0.2, 0.25) is 5.91 Å². The summed E-state index contributed by atoms with van der Waals surface area (Å²) in [5.41, 5.74) is 0. The fourth-order valence-electron chi connectivity index (χ4n) is 6.36. The number of unbranched alkanes of at least 4 members (excludes halogenated alkanes) is 28. The van der Waals surface area contributed by atoms with Gasteiger partial charge in [0.25, 0.3) is 0 Å². The molecule has 0 spiro atoms. The van der Waals surface area contributed by atoms with Crippen LogP contribution in [0.2, 0.25) is 0 Å². The Bertz CT molecular complexity index is 608. The maximum atomic E-state index is 12.4. The molecule has 3 N–H and O–H groups in total. The second-order valence-corrected chi connectivity index (χ2v) is 14.1. The van der Waals surface area contributed by atoms with Crippen LogP contribution in [0.4, 0.5) is 0 Å². The van der Waals surface area contributed by atoms with Gasteiger partial charge in [0.1, 0.15) is 0 Å². The molecule has 0 aromatic carbocycles. The van der Waals surface area contributed by atoms with Crippen molar-refractivity contribution in [1.82, 2.24) is 5.32 Å². The highest BCUT2D eigenvalue weighted by Gasteiger charge is 2.19. The average Bonchev–Trinajstić information content (AvgIpc) is 3.04. The van der Waals surface area contributed by atoms with Gasteiger partial charge in [-0.15, -0.1) is 0 Å². The van der Waals surface area contributed by atoms with E-state index in [0.29, 0.717) is 12.8 Å². The van der Waals surface area contributed by atoms with Crippen molar-refractivity contribution < 1.29 is 15.0 Å². The predicted octanol–water partition coefficient (Wildman–Crippen LogP) is 12.3. The molecule has 4 heteroatoms. The minimum atomic E-state index is -0.658. The summed E-state index contributed by atoms with van der Waals surface area (Å²) in [6.07, 6.45) is 45.6. The Hall–Kier alpha value is -0.870. The molecule has 268 valence electrons. The zero-order valence-electron chi connectivity index (χ0n) is 30.7. The molecule has 2 unspecified atom stereocenters. The topological polar surface area (TPSA) is 69.6 Å². The van der Waals surface area contributed by atoms with Gasteiger partial charge in [-0.05, 0) is 38.5 Å². The third kappa shape index (κ3) is 34.3. The van der Waals surface area contributed by atoms with Crippen molar-refractivity contribution in [2.24, 2.45) is 0 Å². The van der Waals surface area contributed by atoms with E-state index >= 15 is 0 Å². The third-order valence-electron chi connectivity index (χ3n) is 9.53. The molecule has 45 heavy (non-hydrogen) atoms. The van der Waals surface area contributed by atoms with Gasteiger partial charge in [-0.1, -0.05) is 193 Å². The number of hydrogen-bond acceptors (Lipinski definition) is 3. The highest BCUT2D eigenvalue weighted by molar-refractivity contribution is 5.76. The van der Waals surface area contributed by atoms with E-state index in [9.17, 15) is 15.0 Å². The van der Waals surface area contributed by atoms with E-state index in [0.717, 1.165) is 25.7 Å². The first-order valence-corrected chi connectivity index (χ1v) is 20.4. The molecule has 0 aromatic rings. The molecule has 0 aliphatic heterocycles. The number of rotatable bonds is 37. The van der Waals surface area contributed by atoms with Crippen LogP contribution in [0.5, 0.6) is 0 Å². The van der Waals surface area contributed by atoms with Gasteiger partial charge in [-0.2, -0.15) is 0 Å². The lowest BCUT2D eigenvalue weighted by Gasteiger charge is -2.22. The molecule has 0 aromatic heterocycles. The van der Waals surface area contributed by atoms with Crippen LogP contribution in [-0.2, 0) is 4.79 Å². The predicted molar refractivity (Wildman–Crippen MR) is 198 cm³/mol. The number of aliphatic hydroxyl groups excluding tert-OH is 2. The molecule has 0 bridgehead atoms. The van der Waals surface area contributed by atoms with E-state index < -0.39 is 12.1 Å². The van der Waals surface area contributed by atoms with Crippen LogP contribution in [0.25, 0.3) is 0 Å². The first-order valence-electron chi connectivity index (χ1n) is 20.4. The Morgan fingerprint density at radius 1 is 0.511 bits per heavy atom. The van der Waals surface area contributed by atoms with Crippen LogP contribution in [0.3, 0.4) is 0 Å². The molecule has 0 radical (unpaired) electrons. The molecule has 0 saturated heterocycles. The van der Waals surface area contributed by atoms with Crippen molar-refractivity contribution in [3.8, 4) is 0 Å². The van der Waals surface area contributed by atoms with Crippen LogP contribution in [-0.4, -0.2) is 34.9 Å². The summed E-state index contributed by atoms with van der Waals surface area (Å²) < 4.78 is 0. The molecule has 1 amide bonds. The van der Waals surface area contributed by atoms with E-state index in [1.54, 1.807) is 0 Å². The molecule has 0 saturated carbocycles. The minimum Gasteiger partial charge on any atom is -0.394 e. The quantitative estimate of drug-likeness (QED) is 0.0470. The number of nitrogens with one attached hydrogen (secondary N) is 1. The summed E-state index contributed by atoms with van der Waals surface area (Å²) in [7, 11) is 0. The van der Waals surface area contributed by atoms with Gasteiger partial charge in [0.15, 0.2) is 0 Å². The second kappa shape index (κ2) is 37.6. The van der Waals surface area contributed by atoms with Gasteiger partial charge in [0.05, 0.1) is 18.8 Å². The van der Waals surface area contributed by atoms with Crippen molar-refractivity contribution in [3.05, 3.63) is 12.2 Å². The maximum absolute atomic E-state index is 12.4. The Labute approximate surface area is 282 Å². The van der Waals surface area contributed by atoms with Crippen LogP contribution < -0.4 is 5.32 Å². The lowest BCUT2D eigenvalue weighted by Crippen LogP contribution is -2.45. The summed E-state index contributed by atoms with van der Waals surface area (Å²) in [6, 6.07) is -0.536. The zero-order valence-corrected chi connectivity index (χ0v) is 30.7. The molecule has 0 rings (SSSR count). The number of carbonyl (C=O) groups excluding carboxylic acids is 1. The highest BCUT2D eigenvalue weighted by atomic mass is 16.3. The average molecular weight is 636 g/mol. The number of hydrogen-bond donors (Lipinski definition) is 3. The Morgan fingerprint density at radius 2 is 0.844 bits per heavy atom. The number of carbonyl (C=O) groups is 1. The minimum absolute atomic E-state index is 0.0384. The van der Waals surface area contributed by atoms with Crippen molar-refractivity contribution in [1.29, 1.82) is 0 Å². The lowest BCUT2D eigenvalue weighted by molar-refractivity contribution is -0.123. The molecule has 0 aliphatic rings. The standard InChI is InChI=1S/C41H81NO3/c1-3-5-7-9-11-13-15-17-19-20-21-23-24-26-28-30-32-34-36-40(44)39(38-43)42-41(45)37-35-33-31-29-27-25-22-18-16-14-12-10-8-6-4-2/h18,22,39-40,43-44H,3-17,19-21,23-38H2,1-2H3,(H,42,45)/b22-18-. The normalized spacial score (nSPS) is 13.1. The van der Waals surface area contributed by atoms with E-state index in [-0.39, 0.29) is 12.5 Å². The SMILES string of the molecule is CCCCCCCC/C=C\CCCCCCCC(=O)NC(CO)C(O)CCCCCCCCCCCCCCCCCCCC. The molecule has 0 fully saturated rings. The van der Waals surface area contributed by atoms with Crippen LogP contribution >= 0.6 is 0 Å². The zero-order chi connectivity index (χ0) is 32.9. The largest absolute Gasteiger partial charge is 0.394 e. The monoisotopic (exact) mass is 636 g/mol. The summed E-state index contributed by atoms with van der Waals surface area (Å²) in [5, 5.41) is 23.1. The Kier molecular flexibility index (Phi) is 36.9. The van der Waals surface area contributed by atoms with E-state index in [2.05, 4.69) is 31.3 Å². The van der Waals surface area contributed by atoms with E-state index in [1.165, 1.54) is 173 Å². The van der Waals surface area contributed by atoms with Gasteiger partial charge in [-0.25, -0.2) is 0 Å². The summed E-state index contributed by atoms with van der Waals surface area (Å²) in [6.45, 7) is 4.36. The Morgan fingerprint density at radius 3 is 1.22 bits per heavy atom. The molecule has 0 heterocycles.